The van der Waals surface area contributed by atoms with Gasteiger partial charge < -0.3 is 0 Å². The van der Waals surface area contributed by atoms with Crippen LogP contribution in [0.4, 0.5) is 0 Å². The van der Waals surface area contributed by atoms with Crippen molar-refractivity contribution in [1.29, 1.82) is 0 Å². The molecule has 0 atom stereocenters. The van der Waals surface area contributed by atoms with Gasteiger partial charge in [0, 0.05) is 0 Å². The van der Waals surface area contributed by atoms with Crippen molar-refractivity contribution < 1.29 is 56.7 Å². The summed E-state index contributed by atoms with van der Waals surface area (Å²) in [5, 5.41) is 0. The van der Waals surface area contributed by atoms with Gasteiger partial charge in [0.15, 0.2) is 0 Å². The van der Waals surface area contributed by atoms with Crippen molar-refractivity contribution in [3.8, 4) is 0 Å². The van der Waals surface area contributed by atoms with Crippen molar-refractivity contribution >= 4 is 9.29 Å². The first-order chi connectivity index (χ1) is 3.41. The van der Waals surface area contributed by atoms with Gasteiger partial charge in [0.05, 0.1) is 0 Å². The Balaban J connectivity index is -0.0000000800. The Morgan fingerprint density at radius 3 is 1.00 bits per heavy atom. The van der Waals surface area contributed by atoms with Gasteiger partial charge in [-0.1, -0.05) is 0 Å². The van der Waals surface area contributed by atoms with Crippen molar-refractivity contribution in [2.75, 3.05) is 0 Å². The van der Waals surface area contributed by atoms with E-state index in [1.807, 2.05) is 0 Å². The molecule has 0 bridgehead atoms. The third kappa shape index (κ3) is 1240. The fraction of sp³-hybridized carbons (Fsp3) is 0. The maximum Gasteiger partial charge on any atom is 1.00 e. The molecule has 0 spiro atoms. The van der Waals surface area contributed by atoms with Crippen LogP contribution in [0.25, 0.3) is 0 Å². The second-order valence-electron chi connectivity index (χ2n) is 0.461. The minimum atomic E-state index is -4.94. The Labute approximate surface area is 66.3 Å². The molecule has 0 saturated carbocycles. The molecule has 0 N–H and O–H groups in total. The molecule has 0 radical (unpaired) electrons. The Kier molecular flexibility index (Phi) is 15.4. The van der Waals surface area contributed by atoms with Crippen molar-refractivity contribution in [2.45, 2.75) is 0 Å². The van der Waals surface area contributed by atoms with E-state index < -0.39 is 19.5 Å². The first-order valence-electron chi connectivity index (χ1n) is 1.03. The van der Waals surface area contributed by atoms with Crippen LogP contribution in [0, 0.1) is 10.2 Å². The van der Waals surface area contributed by atoms with E-state index in [2.05, 4.69) is 0 Å². The minimum absolute atomic E-state index is 0. The van der Waals surface area contributed by atoms with Crippen molar-refractivity contribution in [3.63, 3.8) is 0 Å². The molecule has 9 heteroatoms. The van der Waals surface area contributed by atoms with E-state index in [0.717, 1.165) is 0 Å². The van der Waals surface area contributed by atoms with Crippen LogP contribution in [-0.2, 0) is 8.92 Å². The van der Waals surface area contributed by atoms with Crippen LogP contribution in [-0.4, -0.2) is 9.29 Å². The average Bonchev–Trinajstić information content (AvgIpc) is 1.27. The van der Waals surface area contributed by atoms with Crippen LogP contribution in [0.2, 0.25) is 0 Å². The van der Waals surface area contributed by atoms with E-state index in [1.54, 1.807) is 0 Å². The van der Waals surface area contributed by atoms with Gasteiger partial charge in [0.25, 0.3) is 0 Å². The summed E-state index contributed by atoms with van der Waals surface area (Å²) < 4.78 is 50.8. The van der Waals surface area contributed by atoms with Gasteiger partial charge in [0.1, 0.15) is 0 Å². The zero-order valence-corrected chi connectivity index (χ0v) is 6.08. The summed E-state index contributed by atoms with van der Waals surface area (Å²) in [7, 11) is -6.36. The van der Waals surface area contributed by atoms with E-state index in [1.165, 1.54) is 0 Å². The Morgan fingerprint density at radius 2 is 1.00 bits per heavy atom. The van der Waals surface area contributed by atoms with Gasteiger partial charge >= 0.3 is 28.2 Å². The number of hydrogen-bond acceptors (Lipinski definition) is 6. The first kappa shape index (κ1) is 16.3. The fourth-order valence-corrected chi connectivity index (χ4v) is 0. The molecule has 0 unspecified atom stereocenters. The maximum absolute atomic E-state index is 8.49. The Hall–Kier alpha value is 0.544. The summed E-state index contributed by atoms with van der Waals surface area (Å²) in [5.74, 6) is 0. The topological polar surface area (TPSA) is 126 Å². The number of hydrogen-bond donors (Lipinski definition) is 0. The molecule has 0 aromatic heterocycles. The summed E-state index contributed by atoms with van der Waals surface area (Å²) in [6.07, 6.45) is 0. The van der Waals surface area contributed by atoms with E-state index in [4.69, 9.17) is 27.6 Å². The third-order valence-electron chi connectivity index (χ3n) is 0. The summed E-state index contributed by atoms with van der Waals surface area (Å²) in [5.41, 5.74) is 0. The fourth-order valence-electron chi connectivity index (χ4n) is 0. The molecule has 0 heterocycles. The Bertz CT molecular complexity index is 73.5. The number of halogens is 1. The second-order valence-corrected chi connectivity index (χ2v) is 1.38. The quantitative estimate of drug-likeness (QED) is 0.329. The molecule has 0 rings (SSSR count). The summed E-state index contributed by atoms with van der Waals surface area (Å²) >= 11 is 0. The van der Waals surface area contributed by atoms with E-state index >= 15 is 0 Å². The third-order valence-corrected chi connectivity index (χ3v) is 0. The molecular weight excluding hydrogens is 166 g/mol. The predicted molar refractivity (Wildman–Crippen MR) is 7.13 cm³/mol. The van der Waals surface area contributed by atoms with E-state index in [0.29, 0.717) is 0 Å². The van der Waals surface area contributed by atoms with Gasteiger partial charge in [0.2, 0.25) is 0 Å². The smallest absolute Gasteiger partial charge is 0.274 e. The van der Waals surface area contributed by atoms with Crippen LogP contribution in [0.5, 0.6) is 0 Å². The van der Waals surface area contributed by atoms with E-state index in [-0.39, 0.29) is 18.9 Å². The molecule has 48 valence electrons. The van der Waals surface area contributed by atoms with Gasteiger partial charge in [-0.3, -0.25) is 8.92 Å². The van der Waals surface area contributed by atoms with Crippen molar-refractivity contribution in [2.24, 2.45) is 0 Å². The molecule has 9 heavy (non-hydrogen) atoms. The molecular formula is ClLiO6Si. The van der Waals surface area contributed by atoms with Crippen molar-refractivity contribution in [3.05, 3.63) is 0 Å². The van der Waals surface area contributed by atoms with Gasteiger partial charge in [-0.15, -0.1) is 10.2 Å². The van der Waals surface area contributed by atoms with Gasteiger partial charge in [-0.05, 0) is 0 Å². The van der Waals surface area contributed by atoms with Crippen LogP contribution in [0.1, 0.15) is 0 Å². The maximum atomic E-state index is 8.49. The molecule has 0 aliphatic rings. The zero-order valence-electron chi connectivity index (χ0n) is 4.33. The zero-order chi connectivity index (χ0) is 7.21. The molecule has 0 saturated heterocycles. The largest absolute Gasteiger partial charge is 1.00 e. The van der Waals surface area contributed by atoms with Crippen LogP contribution < -0.4 is 37.5 Å². The molecule has 0 aliphatic heterocycles. The standard InChI is InChI=1S/ClHO4.Li.O2Si/c2-1(3,4)5;;1-3-2/h(H,2,3,4,5);;/q;+1;/p-1. The van der Waals surface area contributed by atoms with Gasteiger partial charge in [-0.25, -0.2) is 18.6 Å². The monoisotopic (exact) mass is 166 g/mol. The minimum Gasteiger partial charge on any atom is -0.274 e. The van der Waals surface area contributed by atoms with Gasteiger partial charge in [-0.2, -0.15) is 0 Å². The average molecular weight is 166 g/mol. The second kappa shape index (κ2) is 8.54. The van der Waals surface area contributed by atoms with Crippen molar-refractivity contribution in [1.82, 2.24) is 0 Å². The van der Waals surface area contributed by atoms with Crippen LogP contribution in [0.3, 0.4) is 0 Å². The summed E-state index contributed by atoms with van der Waals surface area (Å²) in [6.45, 7) is 0. The first-order valence-corrected chi connectivity index (χ1v) is 3.08. The normalized spacial score (nSPS) is 7.56. The van der Waals surface area contributed by atoms with Crippen LogP contribution in [0.15, 0.2) is 0 Å². The summed E-state index contributed by atoms with van der Waals surface area (Å²) in [4.78, 5) is 0. The Morgan fingerprint density at radius 1 is 1.00 bits per heavy atom. The molecule has 0 aliphatic carbocycles. The molecule has 0 fully saturated rings. The molecule has 0 amide bonds. The predicted octanol–water partition coefficient (Wildman–Crippen LogP) is -8.37. The molecule has 0 aromatic rings. The van der Waals surface area contributed by atoms with Crippen LogP contribution >= 0.6 is 0 Å². The van der Waals surface area contributed by atoms with E-state index in [9.17, 15) is 0 Å². The summed E-state index contributed by atoms with van der Waals surface area (Å²) in [6, 6.07) is 0. The SMILES string of the molecule is O=[Si]=O.[Li+].[O-][Cl+3]([O-])([O-])[O-]. The molecule has 0 aromatic carbocycles. The number of rotatable bonds is 0. The molecule has 6 nitrogen and oxygen atoms in total.